The van der Waals surface area contributed by atoms with Gasteiger partial charge in [0.2, 0.25) is 10.0 Å². The molecule has 0 bridgehead atoms. The standard InChI is InChI=1S/C18H21N5O2S/c24-26(25,17-8-7-15-5-1-2-6-16(15)10-17)22-9-3-4-14-11-19-18-20-13-21-23(18)12-14/h7-8,10-13,22H,1-6,9H2. The molecular weight excluding hydrogens is 350 g/mol. The summed E-state index contributed by atoms with van der Waals surface area (Å²) in [6, 6.07) is 5.51. The lowest BCUT2D eigenvalue weighted by Crippen LogP contribution is -2.25. The third kappa shape index (κ3) is 3.61. The highest BCUT2D eigenvalue weighted by Crippen LogP contribution is 2.24. The smallest absolute Gasteiger partial charge is 0.219 e. The first-order chi connectivity index (χ1) is 12.6. The van der Waals surface area contributed by atoms with Crippen molar-refractivity contribution in [1.82, 2.24) is 24.3 Å². The summed E-state index contributed by atoms with van der Waals surface area (Å²) in [6.07, 6.45) is 10.8. The molecule has 1 N–H and O–H groups in total. The van der Waals surface area contributed by atoms with Crippen LogP contribution in [-0.4, -0.2) is 34.5 Å². The van der Waals surface area contributed by atoms with Crippen molar-refractivity contribution in [3.05, 3.63) is 53.6 Å². The van der Waals surface area contributed by atoms with Crippen LogP contribution in [0.15, 0.2) is 41.8 Å². The lowest BCUT2D eigenvalue weighted by Gasteiger charge is -2.16. The van der Waals surface area contributed by atoms with Crippen LogP contribution in [0.4, 0.5) is 0 Å². The Labute approximate surface area is 152 Å². The molecule has 2 heterocycles. The van der Waals surface area contributed by atoms with Crippen molar-refractivity contribution in [3.8, 4) is 0 Å². The average Bonchev–Trinajstić information content (AvgIpc) is 3.13. The highest BCUT2D eigenvalue weighted by molar-refractivity contribution is 7.89. The zero-order valence-corrected chi connectivity index (χ0v) is 15.2. The number of aryl methyl sites for hydroxylation is 3. The van der Waals surface area contributed by atoms with Crippen molar-refractivity contribution in [3.63, 3.8) is 0 Å². The largest absolute Gasteiger partial charge is 0.252 e. The minimum Gasteiger partial charge on any atom is -0.219 e. The Bertz CT molecular complexity index is 1030. The third-order valence-electron chi connectivity index (χ3n) is 4.75. The summed E-state index contributed by atoms with van der Waals surface area (Å²) >= 11 is 0. The molecule has 3 aromatic rings. The van der Waals surface area contributed by atoms with Crippen molar-refractivity contribution in [2.24, 2.45) is 0 Å². The Hall–Kier alpha value is -2.32. The van der Waals surface area contributed by atoms with E-state index in [1.165, 1.54) is 23.9 Å². The van der Waals surface area contributed by atoms with Crippen molar-refractivity contribution in [2.45, 2.75) is 43.4 Å². The van der Waals surface area contributed by atoms with Gasteiger partial charge >= 0.3 is 0 Å². The lowest BCUT2D eigenvalue weighted by molar-refractivity contribution is 0.578. The second-order valence-electron chi connectivity index (χ2n) is 6.61. The molecule has 0 fully saturated rings. The molecule has 0 atom stereocenters. The summed E-state index contributed by atoms with van der Waals surface area (Å²) in [6.45, 7) is 0.384. The summed E-state index contributed by atoms with van der Waals surface area (Å²) in [5, 5.41) is 4.05. The number of benzene rings is 1. The topological polar surface area (TPSA) is 89.2 Å². The van der Waals surface area contributed by atoms with E-state index in [-0.39, 0.29) is 0 Å². The Kier molecular flexibility index (Phi) is 4.69. The molecule has 0 unspecified atom stereocenters. The maximum absolute atomic E-state index is 12.5. The fraction of sp³-hybridized carbons (Fsp3) is 0.389. The molecule has 0 aliphatic heterocycles. The van der Waals surface area contributed by atoms with E-state index in [1.54, 1.807) is 16.8 Å². The van der Waals surface area contributed by atoms with Crippen LogP contribution in [-0.2, 0) is 29.3 Å². The quantitative estimate of drug-likeness (QED) is 0.669. The maximum atomic E-state index is 12.5. The van der Waals surface area contributed by atoms with E-state index in [1.807, 2.05) is 18.3 Å². The number of aromatic nitrogens is 4. The Balaban J connectivity index is 1.36. The SMILES string of the molecule is O=S(=O)(NCCCc1cnc2ncnn2c1)c1ccc2c(c1)CCCC2. The molecule has 0 spiro atoms. The van der Waals surface area contributed by atoms with Crippen LogP contribution in [0.1, 0.15) is 36.0 Å². The molecule has 1 aliphatic carbocycles. The van der Waals surface area contributed by atoms with E-state index in [9.17, 15) is 8.42 Å². The van der Waals surface area contributed by atoms with Gasteiger partial charge in [-0.05, 0) is 67.3 Å². The summed E-state index contributed by atoms with van der Waals surface area (Å²) in [4.78, 5) is 8.57. The van der Waals surface area contributed by atoms with Crippen LogP contribution in [0, 0.1) is 0 Å². The second kappa shape index (κ2) is 7.13. The van der Waals surface area contributed by atoms with Crippen LogP contribution in [0.5, 0.6) is 0 Å². The van der Waals surface area contributed by atoms with Gasteiger partial charge in [0, 0.05) is 18.9 Å². The van der Waals surface area contributed by atoms with Gasteiger partial charge < -0.3 is 0 Å². The number of nitrogens with one attached hydrogen (secondary N) is 1. The molecule has 26 heavy (non-hydrogen) atoms. The van der Waals surface area contributed by atoms with Crippen LogP contribution < -0.4 is 4.72 Å². The molecule has 0 saturated heterocycles. The molecule has 1 aromatic carbocycles. The Morgan fingerprint density at radius 2 is 1.96 bits per heavy atom. The number of hydrogen-bond acceptors (Lipinski definition) is 5. The number of fused-ring (bicyclic) bond motifs is 2. The molecule has 7 nitrogen and oxygen atoms in total. The van der Waals surface area contributed by atoms with Crippen LogP contribution in [0.3, 0.4) is 0 Å². The van der Waals surface area contributed by atoms with Crippen molar-refractivity contribution in [2.75, 3.05) is 6.54 Å². The van der Waals surface area contributed by atoms with Crippen LogP contribution >= 0.6 is 0 Å². The van der Waals surface area contributed by atoms with E-state index in [2.05, 4.69) is 19.8 Å². The molecule has 0 radical (unpaired) electrons. The van der Waals surface area contributed by atoms with E-state index >= 15 is 0 Å². The predicted octanol–water partition coefficient (Wildman–Crippen LogP) is 1.91. The van der Waals surface area contributed by atoms with Gasteiger partial charge in [-0.3, -0.25) is 0 Å². The van der Waals surface area contributed by atoms with Gasteiger partial charge in [0.15, 0.2) is 0 Å². The van der Waals surface area contributed by atoms with Gasteiger partial charge in [-0.1, -0.05) is 6.07 Å². The number of nitrogens with zero attached hydrogens (tertiary/aromatic N) is 4. The van der Waals surface area contributed by atoms with Gasteiger partial charge in [0.05, 0.1) is 4.90 Å². The molecule has 0 saturated carbocycles. The highest BCUT2D eigenvalue weighted by atomic mass is 32.2. The highest BCUT2D eigenvalue weighted by Gasteiger charge is 2.17. The number of sulfonamides is 1. The minimum atomic E-state index is -3.47. The van der Waals surface area contributed by atoms with Crippen LogP contribution in [0.2, 0.25) is 0 Å². The van der Waals surface area contributed by atoms with Gasteiger partial charge in [-0.2, -0.15) is 10.1 Å². The molecule has 1 aliphatic rings. The molecule has 0 amide bonds. The summed E-state index contributed by atoms with van der Waals surface area (Å²) < 4.78 is 29.4. The zero-order valence-electron chi connectivity index (χ0n) is 14.4. The zero-order chi connectivity index (χ0) is 18.0. The van der Waals surface area contributed by atoms with Crippen molar-refractivity contribution < 1.29 is 8.42 Å². The van der Waals surface area contributed by atoms with Gasteiger partial charge in [0.25, 0.3) is 5.78 Å². The van der Waals surface area contributed by atoms with E-state index in [4.69, 9.17) is 0 Å². The molecule has 4 rings (SSSR count). The first-order valence-corrected chi connectivity index (χ1v) is 10.4. The summed E-state index contributed by atoms with van der Waals surface area (Å²) in [5.74, 6) is 0.557. The molecule has 136 valence electrons. The Morgan fingerprint density at radius 3 is 2.85 bits per heavy atom. The first-order valence-electron chi connectivity index (χ1n) is 8.87. The first kappa shape index (κ1) is 17.1. The van der Waals surface area contributed by atoms with Gasteiger partial charge in [-0.15, -0.1) is 0 Å². The van der Waals surface area contributed by atoms with Gasteiger partial charge in [-0.25, -0.2) is 22.6 Å². The van der Waals surface area contributed by atoms with E-state index < -0.39 is 10.0 Å². The average molecular weight is 371 g/mol. The summed E-state index contributed by atoms with van der Waals surface area (Å²) in [5.41, 5.74) is 3.45. The molecular formula is C18H21N5O2S. The van der Waals surface area contributed by atoms with Gasteiger partial charge in [0.1, 0.15) is 6.33 Å². The monoisotopic (exact) mass is 371 g/mol. The normalized spacial score (nSPS) is 14.5. The maximum Gasteiger partial charge on any atom is 0.252 e. The number of rotatable bonds is 6. The van der Waals surface area contributed by atoms with Crippen molar-refractivity contribution >= 4 is 15.8 Å². The predicted molar refractivity (Wildman–Crippen MR) is 97.4 cm³/mol. The fourth-order valence-electron chi connectivity index (χ4n) is 3.35. The van der Waals surface area contributed by atoms with Crippen LogP contribution in [0.25, 0.3) is 5.78 Å². The minimum absolute atomic E-state index is 0.365. The number of hydrogen-bond donors (Lipinski definition) is 1. The Morgan fingerprint density at radius 1 is 1.12 bits per heavy atom. The third-order valence-corrected chi connectivity index (χ3v) is 6.21. The second-order valence-corrected chi connectivity index (χ2v) is 8.37. The molecule has 8 heteroatoms. The fourth-order valence-corrected chi connectivity index (χ4v) is 4.47. The lowest BCUT2D eigenvalue weighted by atomic mass is 9.92. The van der Waals surface area contributed by atoms with E-state index in [0.29, 0.717) is 23.6 Å². The summed E-state index contributed by atoms with van der Waals surface area (Å²) in [7, 11) is -3.47. The van der Waals surface area contributed by atoms with Crippen molar-refractivity contribution in [1.29, 1.82) is 0 Å². The van der Waals surface area contributed by atoms with E-state index in [0.717, 1.165) is 31.2 Å². The molecule has 2 aromatic heterocycles.